The number of fused-ring (bicyclic) bond motifs is 1. The van der Waals surface area contributed by atoms with E-state index in [9.17, 15) is 19.7 Å². The van der Waals surface area contributed by atoms with Crippen LogP contribution in [0.1, 0.15) is 17.5 Å². The average Bonchev–Trinajstić information content (AvgIpc) is 3.20. The minimum Gasteiger partial charge on any atom is -0.469 e. The second kappa shape index (κ2) is 10.2. The highest BCUT2D eigenvalue weighted by Crippen LogP contribution is 2.19. The van der Waals surface area contributed by atoms with E-state index in [0.29, 0.717) is 18.5 Å². The predicted molar refractivity (Wildman–Crippen MR) is 117 cm³/mol. The van der Waals surface area contributed by atoms with Crippen LogP contribution in [-0.4, -0.2) is 46.9 Å². The Morgan fingerprint density at radius 2 is 1.87 bits per heavy atom. The molecule has 0 unspecified atom stereocenters. The largest absolute Gasteiger partial charge is 0.469 e. The summed E-state index contributed by atoms with van der Waals surface area (Å²) in [5.41, 5.74) is 2.78. The van der Waals surface area contributed by atoms with Crippen LogP contribution in [0.3, 0.4) is 0 Å². The highest BCUT2D eigenvalue weighted by Gasteiger charge is 2.14. The number of nitro groups is 1. The number of benzene rings is 2. The molecule has 3 rings (SSSR count). The van der Waals surface area contributed by atoms with Gasteiger partial charge in [0, 0.05) is 48.4 Å². The average molecular weight is 421 g/mol. The first kappa shape index (κ1) is 21.8. The number of aromatic nitrogens is 1. The van der Waals surface area contributed by atoms with Crippen LogP contribution < -0.4 is 0 Å². The smallest absolute Gasteiger partial charge is 0.307 e. The third-order valence-electron chi connectivity index (χ3n) is 4.97. The molecule has 1 amide bonds. The highest BCUT2D eigenvalue weighted by molar-refractivity contribution is 5.92. The van der Waals surface area contributed by atoms with E-state index in [1.807, 2.05) is 30.5 Å². The van der Waals surface area contributed by atoms with Crippen LogP contribution in [0, 0.1) is 10.1 Å². The number of hydrogen-bond acceptors (Lipinski definition) is 5. The number of carbonyl (C=O) groups excluding carboxylic acids is 2. The molecular formula is C23H23N3O5. The molecule has 1 aromatic heterocycles. The Bertz CT molecular complexity index is 1100. The van der Waals surface area contributed by atoms with E-state index >= 15 is 0 Å². The summed E-state index contributed by atoms with van der Waals surface area (Å²) in [6.07, 6.45) is 5.67. The molecule has 0 aliphatic carbocycles. The summed E-state index contributed by atoms with van der Waals surface area (Å²) in [5, 5.41) is 11.9. The standard InChI is InChI=1S/C23H23N3O5/c1-31-23(28)13-15-25(14-12-18-16-24-21-5-3-2-4-20(18)21)22(27)11-8-17-6-9-19(10-7-17)26(29)30/h2-11,16,24H,12-15H2,1H3/b11-8+. The van der Waals surface area contributed by atoms with Crippen LogP contribution in [0.15, 0.2) is 60.8 Å². The first-order chi connectivity index (χ1) is 15.0. The number of amides is 1. The van der Waals surface area contributed by atoms with Gasteiger partial charge in [-0.3, -0.25) is 19.7 Å². The topological polar surface area (TPSA) is 106 Å². The molecular weight excluding hydrogens is 398 g/mol. The number of carbonyl (C=O) groups is 2. The number of nitrogens with one attached hydrogen (secondary N) is 1. The highest BCUT2D eigenvalue weighted by atomic mass is 16.6. The van der Waals surface area contributed by atoms with Gasteiger partial charge in [-0.15, -0.1) is 0 Å². The maximum Gasteiger partial charge on any atom is 0.307 e. The molecule has 0 bridgehead atoms. The number of H-pyrrole nitrogens is 1. The van der Waals surface area contributed by atoms with Crippen molar-refractivity contribution < 1.29 is 19.2 Å². The molecule has 0 radical (unpaired) electrons. The van der Waals surface area contributed by atoms with Gasteiger partial charge in [0.1, 0.15) is 0 Å². The predicted octanol–water partition coefficient (Wildman–Crippen LogP) is 3.72. The van der Waals surface area contributed by atoms with Crippen molar-refractivity contribution in [3.05, 3.63) is 82.0 Å². The van der Waals surface area contributed by atoms with E-state index in [2.05, 4.69) is 4.98 Å². The summed E-state index contributed by atoms with van der Waals surface area (Å²) in [6, 6.07) is 13.9. The molecule has 0 spiro atoms. The molecule has 1 heterocycles. The van der Waals surface area contributed by atoms with Crippen molar-refractivity contribution in [3.63, 3.8) is 0 Å². The Kier molecular flexibility index (Phi) is 7.16. The van der Waals surface area contributed by atoms with E-state index in [1.165, 1.54) is 25.3 Å². The van der Waals surface area contributed by atoms with Crippen molar-refractivity contribution in [2.24, 2.45) is 0 Å². The maximum absolute atomic E-state index is 12.8. The molecule has 0 atom stereocenters. The number of methoxy groups -OCH3 is 1. The minimum absolute atomic E-state index is 0.0121. The van der Waals surface area contributed by atoms with Gasteiger partial charge in [-0.1, -0.05) is 18.2 Å². The van der Waals surface area contributed by atoms with Crippen LogP contribution in [-0.2, 0) is 20.7 Å². The van der Waals surface area contributed by atoms with Crippen molar-refractivity contribution >= 4 is 34.5 Å². The SMILES string of the molecule is COC(=O)CCN(CCc1c[nH]c2ccccc12)C(=O)/C=C/c1ccc([N+](=O)[O-])cc1. The third-order valence-corrected chi connectivity index (χ3v) is 4.97. The Hall–Kier alpha value is -3.94. The second-order valence-electron chi connectivity index (χ2n) is 6.94. The van der Waals surface area contributed by atoms with Gasteiger partial charge in [0.05, 0.1) is 18.5 Å². The molecule has 0 fully saturated rings. The summed E-state index contributed by atoms with van der Waals surface area (Å²) >= 11 is 0. The van der Waals surface area contributed by atoms with Gasteiger partial charge in [-0.05, 0) is 41.8 Å². The molecule has 0 saturated heterocycles. The lowest BCUT2D eigenvalue weighted by atomic mass is 10.1. The summed E-state index contributed by atoms with van der Waals surface area (Å²) in [7, 11) is 1.31. The van der Waals surface area contributed by atoms with Gasteiger partial charge in [-0.25, -0.2) is 0 Å². The molecule has 3 aromatic rings. The fraction of sp³-hybridized carbons (Fsp3) is 0.217. The van der Waals surface area contributed by atoms with Crippen LogP contribution in [0.5, 0.6) is 0 Å². The molecule has 1 N–H and O–H groups in total. The van der Waals surface area contributed by atoms with E-state index < -0.39 is 4.92 Å². The number of nitrogens with zero attached hydrogens (tertiary/aromatic N) is 2. The van der Waals surface area contributed by atoms with Gasteiger partial charge in [-0.2, -0.15) is 0 Å². The lowest BCUT2D eigenvalue weighted by molar-refractivity contribution is -0.384. The lowest BCUT2D eigenvalue weighted by Crippen LogP contribution is -2.33. The normalized spacial score (nSPS) is 11.0. The molecule has 8 heteroatoms. The fourth-order valence-electron chi connectivity index (χ4n) is 3.23. The van der Waals surface area contributed by atoms with Gasteiger partial charge in [0.25, 0.3) is 5.69 Å². The first-order valence-corrected chi connectivity index (χ1v) is 9.81. The Labute approximate surface area is 179 Å². The first-order valence-electron chi connectivity index (χ1n) is 9.81. The van der Waals surface area contributed by atoms with E-state index in [0.717, 1.165) is 16.5 Å². The number of nitro benzene ring substituents is 1. The molecule has 0 saturated carbocycles. The number of rotatable bonds is 9. The summed E-state index contributed by atoms with van der Waals surface area (Å²) < 4.78 is 4.69. The Morgan fingerprint density at radius 3 is 2.58 bits per heavy atom. The van der Waals surface area contributed by atoms with Gasteiger partial charge < -0.3 is 14.6 Å². The van der Waals surface area contributed by atoms with Gasteiger partial charge >= 0.3 is 5.97 Å². The van der Waals surface area contributed by atoms with Crippen molar-refractivity contribution in [1.29, 1.82) is 0 Å². The number of esters is 1. The molecule has 0 aliphatic rings. The van der Waals surface area contributed by atoms with Crippen LogP contribution >= 0.6 is 0 Å². The van der Waals surface area contributed by atoms with Crippen LogP contribution in [0.2, 0.25) is 0 Å². The zero-order chi connectivity index (χ0) is 22.2. The summed E-state index contributed by atoms with van der Waals surface area (Å²) in [4.78, 5) is 39.5. The third kappa shape index (κ3) is 5.79. The van der Waals surface area contributed by atoms with Crippen LogP contribution in [0.25, 0.3) is 17.0 Å². The van der Waals surface area contributed by atoms with E-state index in [-0.39, 0.29) is 30.5 Å². The van der Waals surface area contributed by atoms with Gasteiger partial charge in [0.15, 0.2) is 0 Å². The van der Waals surface area contributed by atoms with Gasteiger partial charge in [0.2, 0.25) is 5.91 Å². The lowest BCUT2D eigenvalue weighted by Gasteiger charge is -2.20. The van der Waals surface area contributed by atoms with Crippen molar-refractivity contribution in [3.8, 4) is 0 Å². The fourth-order valence-corrected chi connectivity index (χ4v) is 3.23. The van der Waals surface area contributed by atoms with E-state index in [4.69, 9.17) is 4.74 Å². The number of para-hydroxylation sites is 1. The summed E-state index contributed by atoms with van der Waals surface area (Å²) in [5.74, 6) is -0.633. The number of hydrogen-bond donors (Lipinski definition) is 1. The van der Waals surface area contributed by atoms with Crippen LogP contribution in [0.4, 0.5) is 5.69 Å². The molecule has 160 valence electrons. The van der Waals surface area contributed by atoms with Crippen molar-refractivity contribution in [2.45, 2.75) is 12.8 Å². The monoisotopic (exact) mass is 421 g/mol. The molecule has 31 heavy (non-hydrogen) atoms. The van der Waals surface area contributed by atoms with E-state index in [1.54, 1.807) is 23.1 Å². The van der Waals surface area contributed by atoms with Crippen molar-refractivity contribution in [1.82, 2.24) is 9.88 Å². The molecule has 2 aromatic carbocycles. The Morgan fingerprint density at radius 1 is 1.13 bits per heavy atom. The second-order valence-corrected chi connectivity index (χ2v) is 6.94. The summed E-state index contributed by atoms with van der Waals surface area (Å²) in [6.45, 7) is 0.667. The zero-order valence-electron chi connectivity index (χ0n) is 17.1. The zero-order valence-corrected chi connectivity index (χ0v) is 17.1. The Balaban J connectivity index is 1.69. The number of aromatic amines is 1. The maximum atomic E-state index is 12.8. The van der Waals surface area contributed by atoms with Crippen molar-refractivity contribution in [2.75, 3.05) is 20.2 Å². The number of ether oxygens (including phenoxy) is 1. The number of non-ortho nitro benzene ring substituents is 1. The minimum atomic E-state index is -0.474. The molecule has 8 nitrogen and oxygen atoms in total. The molecule has 0 aliphatic heterocycles. The quantitative estimate of drug-likeness (QED) is 0.245.